The van der Waals surface area contributed by atoms with Crippen LogP contribution in [-0.2, 0) is 11.2 Å². The number of ether oxygens (including phenoxy) is 1. The molecule has 28 heavy (non-hydrogen) atoms. The highest BCUT2D eigenvalue weighted by Gasteiger charge is 2.33. The molecular formula is C23H19ClFNO2. The Labute approximate surface area is 168 Å². The molecule has 0 bridgehead atoms. The third-order valence-electron chi connectivity index (χ3n) is 4.98. The third-order valence-corrected chi connectivity index (χ3v) is 5.23. The highest BCUT2D eigenvalue weighted by atomic mass is 35.5. The van der Waals surface area contributed by atoms with Crippen molar-refractivity contribution in [3.63, 3.8) is 0 Å². The van der Waals surface area contributed by atoms with Gasteiger partial charge < -0.3 is 9.64 Å². The summed E-state index contributed by atoms with van der Waals surface area (Å²) in [7, 11) is 0. The van der Waals surface area contributed by atoms with Crippen LogP contribution in [0.5, 0.6) is 5.75 Å². The molecule has 0 aliphatic carbocycles. The van der Waals surface area contributed by atoms with Crippen LogP contribution in [0.2, 0.25) is 5.02 Å². The Morgan fingerprint density at radius 1 is 1.00 bits per heavy atom. The largest absolute Gasteiger partial charge is 0.484 e. The Morgan fingerprint density at radius 3 is 2.43 bits per heavy atom. The highest BCUT2D eigenvalue weighted by molar-refractivity contribution is 6.30. The first-order valence-corrected chi connectivity index (χ1v) is 9.51. The van der Waals surface area contributed by atoms with E-state index in [1.807, 2.05) is 24.3 Å². The van der Waals surface area contributed by atoms with Gasteiger partial charge in [0.05, 0.1) is 6.04 Å². The molecule has 4 rings (SSSR count). The Bertz CT molecular complexity index is 990. The molecule has 3 nitrogen and oxygen atoms in total. The second-order valence-electron chi connectivity index (χ2n) is 6.70. The van der Waals surface area contributed by atoms with Gasteiger partial charge in [0.15, 0.2) is 6.61 Å². The van der Waals surface area contributed by atoms with E-state index in [2.05, 4.69) is 0 Å². The van der Waals surface area contributed by atoms with Crippen molar-refractivity contribution >= 4 is 17.5 Å². The lowest BCUT2D eigenvalue weighted by Crippen LogP contribution is -2.43. The van der Waals surface area contributed by atoms with E-state index < -0.39 is 6.04 Å². The van der Waals surface area contributed by atoms with Crippen molar-refractivity contribution < 1.29 is 13.9 Å². The van der Waals surface area contributed by atoms with E-state index in [0.717, 1.165) is 17.5 Å². The number of rotatable bonds is 4. The number of hydrogen-bond acceptors (Lipinski definition) is 2. The molecule has 0 fully saturated rings. The number of carbonyl (C=O) groups excluding carboxylic acids is 1. The number of halogens is 2. The Morgan fingerprint density at radius 2 is 1.68 bits per heavy atom. The molecule has 1 atom stereocenters. The van der Waals surface area contributed by atoms with Crippen molar-refractivity contribution in [2.75, 3.05) is 13.2 Å². The van der Waals surface area contributed by atoms with Gasteiger partial charge >= 0.3 is 0 Å². The van der Waals surface area contributed by atoms with E-state index in [0.29, 0.717) is 22.9 Å². The predicted molar refractivity (Wildman–Crippen MR) is 107 cm³/mol. The summed E-state index contributed by atoms with van der Waals surface area (Å²) in [6.07, 6.45) is 0.730. The lowest BCUT2D eigenvalue weighted by molar-refractivity contribution is -0.135. The van der Waals surface area contributed by atoms with Crippen LogP contribution in [-0.4, -0.2) is 24.0 Å². The first-order valence-electron chi connectivity index (χ1n) is 9.13. The lowest BCUT2D eigenvalue weighted by atomic mass is 9.88. The summed E-state index contributed by atoms with van der Waals surface area (Å²) < 4.78 is 20.2. The van der Waals surface area contributed by atoms with Crippen LogP contribution < -0.4 is 4.74 Å². The average molecular weight is 396 g/mol. The molecule has 0 saturated heterocycles. The maximum Gasteiger partial charge on any atom is 0.261 e. The van der Waals surface area contributed by atoms with Crippen molar-refractivity contribution in [2.24, 2.45) is 0 Å². The summed E-state index contributed by atoms with van der Waals surface area (Å²) in [6.45, 7) is 0.396. The van der Waals surface area contributed by atoms with Crippen LogP contribution in [0.3, 0.4) is 0 Å². The maximum absolute atomic E-state index is 14.6. The third kappa shape index (κ3) is 3.73. The van der Waals surface area contributed by atoms with E-state index in [9.17, 15) is 9.18 Å². The number of fused-ring (bicyclic) bond motifs is 1. The van der Waals surface area contributed by atoms with E-state index in [-0.39, 0.29) is 18.3 Å². The van der Waals surface area contributed by atoms with Crippen LogP contribution in [0.1, 0.15) is 22.7 Å². The van der Waals surface area contributed by atoms with E-state index in [1.165, 1.54) is 6.07 Å². The summed E-state index contributed by atoms with van der Waals surface area (Å²) >= 11 is 5.88. The summed E-state index contributed by atoms with van der Waals surface area (Å²) in [6, 6.07) is 20.9. The minimum atomic E-state index is -0.465. The zero-order valence-electron chi connectivity index (χ0n) is 15.1. The fourth-order valence-electron chi connectivity index (χ4n) is 3.63. The molecule has 0 N–H and O–H groups in total. The molecule has 1 heterocycles. The molecule has 3 aromatic rings. The van der Waals surface area contributed by atoms with Gasteiger partial charge in [0.2, 0.25) is 0 Å². The zero-order valence-corrected chi connectivity index (χ0v) is 15.9. The molecular weight excluding hydrogens is 377 g/mol. The van der Waals surface area contributed by atoms with Gasteiger partial charge in [0, 0.05) is 17.1 Å². The molecule has 0 unspecified atom stereocenters. The monoisotopic (exact) mass is 395 g/mol. The fraction of sp³-hybridized carbons (Fsp3) is 0.174. The van der Waals surface area contributed by atoms with Gasteiger partial charge in [-0.1, -0.05) is 54.1 Å². The van der Waals surface area contributed by atoms with Crippen LogP contribution >= 0.6 is 11.6 Å². The topological polar surface area (TPSA) is 29.5 Å². The molecule has 1 amide bonds. The van der Waals surface area contributed by atoms with E-state index in [1.54, 1.807) is 47.4 Å². The predicted octanol–water partition coefficient (Wildman–Crippen LogP) is 5.03. The molecule has 1 aliphatic heterocycles. The number of carbonyl (C=O) groups is 1. The average Bonchev–Trinajstić information content (AvgIpc) is 2.73. The SMILES string of the molecule is O=C(COc1ccc(Cl)cc1)N1CCc2ccccc2[C@@H]1c1ccccc1F. The Hall–Kier alpha value is -2.85. The summed E-state index contributed by atoms with van der Waals surface area (Å²) in [5.74, 6) is 0.0657. The first kappa shape index (κ1) is 18.5. The Balaban J connectivity index is 1.62. The van der Waals surface area contributed by atoms with Crippen molar-refractivity contribution in [1.82, 2.24) is 4.90 Å². The van der Waals surface area contributed by atoms with E-state index >= 15 is 0 Å². The van der Waals surface area contributed by atoms with Crippen molar-refractivity contribution in [3.8, 4) is 5.75 Å². The molecule has 3 aromatic carbocycles. The molecule has 5 heteroatoms. The van der Waals surface area contributed by atoms with Crippen LogP contribution in [0.25, 0.3) is 0 Å². The highest BCUT2D eigenvalue weighted by Crippen LogP contribution is 2.36. The number of hydrogen-bond donors (Lipinski definition) is 0. The molecule has 0 saturated carbocycles. The first-order chi connectivity index (χ1) is 13.6. The number of nitrogens with zero attached hydrogens (tertiary/aromatic N) is 1. The zero-order chi connectivity index (χ0) is 19.5. The summed E-state index contributed by atoms with van der Waals surface area (Å²) in [4.78, 5) is 14.7. The summed E-state index contributed by atoms with van der Waals surface area (Å²) in [5, 5.41) is 0.603. The van der Waals surface area contributed by atoms with Gasteiger partial charge in [-0.2, -0.15) is 0 Å². The van der Waals surface area contributed by atoms with Gasteiger partial charge in [-0.15, -0.1) is 0 Å². The molecule has 1 aliphatic rings. The lowest BCUT2D eigenvalue weighted by Gasteiger charge is -2.37. The summed E-state index contributed by atoms with van der Waals surface area (Å²) in [5.41, 5.74) is 2.59. The number of benzene rings is 3. The maximum atomic E-state index is 14.6. The van der Waals surface area contributed by atoms with Gasteiger partial charge in [-0.3, -0.25) is 4.79 Å². The van der Waals surface area contributed by atoms with Gasteiger partial charge in [0.1, 0.15) is 11.6 Å². The normalized spacial score (nSPS) is 15.8. The Kier molecular flexibility index (Phi) is 5.31. The van der Waals surface area contributed by atoms with Crippen LogP contribution in [0, 0.1) is 5.82 Å². The van der Waals surface area contributed by atoms with Gasteiger partial charge in [-0.25, -0.2) is 4.39 Å². The fourth-order valence-corrected chi connectivity index (χ4v) is 3.75. The molecule has 0 aromatic heterocycles. The smallest absolute Gasteiger partial charge is 0.261 e. The molecule has 0 radical (unpaired) electrons. The molecule has 0 spiro atoms. The van der Waals surface area contributed by atoms with Crippen molar-refractivity contribution in [3.05, 3.63) is 100 Å². The second-order valence-corrected chi connectivity index (χ2v) is 7.14. The van der Waals surface area contributed by atoms with Crippen molar-refractivity contribution in [1.29, 1.82) is 0 Å². The minimum Gasteiger partial charge on any atom is -0.484 e. The quantitative estimate of drug-likeness (QED) is 0.620. The minimum absolute atomic E-state index is 0.116. The van der Waals surface area contributed by atoms with Gasteiger partial charge in [-0.05, 0) is 47.9 Å². The number of amides is 1. The van der Waals surface area contributed by atoms with Crippen molar-refractivity contribution in [2.45, 2.75) is 12.5 Å². The second kappa shape index (κ2) is 8.03. The molecule has 142 valence electrons. The van der Waals surface area contributed by atoms with Crippen LogP contribution in [0.4, 0.5) is 4.39 Å². The van der Waals surface area contributed by atoms with E-state index in [4.69, 9.17) is 16.3 Å². The van der Waals surface area contributed by atoms with Crippen LogP contribution in [0.15, 0.2) is 72.8 Å². The van der Waals surface area contributed by atoms with Gasteiger partial charge in [0.25, 0.3) is 5.91 Å². The standard InChI is InChI=1S/C23H19ClFNO2/c24-17-9-11-18(12-10-17)28-15-22(27)26-14-13-16-5-1-2-6-19(16)23(26)20-7-3-4-8-21(20)25/h1-12,23H,13-15H2/t23-/m1/s1.